The van der Waals surface area contributed by atoms with Gasteiger partial charge in [-0.05, 0) is 56.0 Å². The molecule has 0 bridgehead atoms. The van der Waals surface area contributed by atoms with Crippen molar-refractivity contribution < 1.29 is 9.05 Å². The summed E-state index contributed by atoms with van der Waals surface area (Å²) in [6, 6.07) is 30.9. The van der Waals surface area contributed by atoms with Crippen LogP contribution in [0.3, 0.4) is 0 Å². The molecule has 0 aromatic heterocycles. The predicted molar refractivity (Wildman–Crippen MR) is 219 cm³/mol. The summed E-state index contributed by atoms with van der Waals surface area (Å²) in [6.07, 6.45) is 0. The number of hydrogen-bond acceptors (Lipinski definition) is 2. The third kappa shape index (κ3) is 11.7. The van der Waals surface area contributed by atoms with Crippen LogP contribution in [0.25, 0.3) is 11.1 Å². The molecule has 0 N–H and O–H groups in total. The Bertz CT molecular complexity index is 1440. The van der Waals surface area contributed by atoms with Crippen LogP contribution >= 0.6 is 17.6 Å². The smallest absolute Gasteiger partial charge is 0.127 e. The van der Waals surface area contributed by atoms with Crippen molar-refractivity contribution in [1.29, 1.82) is 0 Å². The molecular formula is C44H64O2P2. The third-order valence-electron chi connectivity index (χ3n) is 7.97. The molecule has 4 aromatic rings. The molecule has 0 amide bonds. The van der Waals surface area contributed by atoms with Gasteiger partial charge in [-0.15, -0.1) is 0 Å². The lowest BCUT2D eigenvalue weighted by Crippen LogP contribution is -2.17. The van der Waals surface area contributed by atoms with Gasteiger partial charge in [0, 0.05) is 21.7 Å². The van der Waals surface area contributed by atoms with E-state index in [9.17, 15) is 0 Å². The van der Waals surface area contributed by atoms with Crippen LogP contribution in [0, 0.1) is 0 Å². The fourth-order valence-electron chi connectivity index (χ4n) is 5.03. The number of hydrogen-bond donors (Lipinski definition) is 0. The normalized spacial score (nSPS) is 12.4. The Morgan fingerprint density at radius 3 is 0.917 bits per heavy atom. The van der Waals surface area contributed by atoms with Crippen molar-refractivity contribution >= 4 is 28.2 Å². The second-order valence-corrected chi connectivity index (χ2v) is 18.0. The Kier molecular flexibility index (Phi) is 15.0. The van der Waals surface area contributed by atoms with Crippen molar-refractivity contribution in [3.05, 3.63) is 107 Å². The number of rotatable bonds is 7. The van der Waals surface area contributed by atoms with Gasteiger partial charge in [0.25, 0.3) is 0 Å². The van der Waals surface area contributed by atoms with Crippen molar-refractivity contribution in [3.8, 4) is 22.6 Å². The molecule has 0 fully saturated rings. The molecule has 2 nitrogen and oxygen atoms in total. The maximum absolute atomic E-state index is 6.41. The van der Waals surface area contributed by atoms with Crippen LogP contribution in [0.5, 0.6) is 11.5 Å². The van der Waals surface area contributed by atoms with Gasteiger partial charge >= 0.3 is 0 Å². The summed E-state index contributed by atoms with van der Waals surface area (Å²) >= 11 is 0. The molecule has 2 atom stereocenters. The van der Waals surface area contributed by atoms with Crippen LogP contribution < -0.4 is 19.7 Å². The van der Waals surface area contributed by atoms with E-state index in [0.29, 0.717) is 0 Å². The van der Waals surface area contributed by atoms with Gasteiger partial charge in [-0.25, -0.2) is 0 Å². The molecule has 4 aromatic carbocycles. The lowest BCUT2D eigenvalue weighted by molar-refractivity contribution is 0.533. The first-order valence-electron chi connectivity index (χ1n) is 17.7. The molecule has 0 heterocycles. The number of benzene rings is 4. The highest BCUT2D eigenvalue weighted by Gasteiger charge is 2.24. The van der Waals surface area contributed by atoms with Gasteiger partial charge in [0.05, 0.1) is 0 Å². The van der Waals surface area contributed by atoms with E-state index in [0.717, 1.165) is 11.5 Å². The zero-order valence-corrected chi connectivity index (χ0v) is 34.9. The van der Waals surface area contributed by atoms with Crippen LogP contribution in [-0.2, 0) is 21.7 Å². The summed E-state index contributed by atoms with van der Waals surface area (Å²) in [7, 11) is 0.507. The Morgan fingerprint density at radius 2 is 0.667 bits per heavy atom. The minimum Gasteiger partial charge on any atom is -0.472 e. The van der Waals surface area contributed by atoms with Gasteiger partial charge in [0.1, 0.15) is 29.1 Å². The lowest BCUT2D eigenvalue weighted by atomic mass is 9.80. The first kappa shape index (κ1) is 41.5. The molecule has 0 aliphatic heterocycles. The molecule has 0 aliphatic carbocycles. The lowest BCUT2D eigenvalue weighted by Gasteiger charge is -2.27. The third-order valence-corrected chi connectivity index (χ3v) is 9.75. The van der Waals surface area contributed by atoms with Gasteiger partial charge < -0.3 is 9.05 Å². The van der Waals surface area contributed by atoms with Crippen molar-refractivity contribution in [2.24, 2.45) is 0 Å². The maximum atomic E-state index is 6.41. The molecular weight excluding hydrogens is 622 g/mol. The van der Waals surface area contributed by atoms with Crippen molar-refractivity contribution in [1.82, 2.24) is 0 Å². The fraction of sp³-hybridized carbons (Fsp3) is 0.455. The van der Waals surface area contributed by atoms with E-state index >= 15 is 0 Å². The molecule has 262 valence electrons. The summed E-state index contributed by atoms with van der Waals surface area (Å²) in [5.74, 6) is 1.96. The predicted octanol–water partition coefficient (Wildman–Crippen LogP) is 13.2. The first-order valence-corrected chi connectivity index (χ1v) is 19.5. The second kappa shape index (κ2) is 17.3. The van der Waals surface area contributed by atoms with E-state index in [1.165, 1.54) is 44.0 Å². The highest BCUT2D eigenvalue weighted by molar-refractivity contribution is 7.42. The molecule has 0 saturated heterocycles. The molecule has 0 radical (unpaired) electrons. The van der Waals surface area contributed by atoms with E-state index in [2.05, 4.69) is 168 Å². The molecule has 0 saturated carbocycles. The minimum absolute atomic E-state index is 0.00840. The van der Waals surface area contributed by atoms with Gasteiger partial charge in [0.2, 0.25) is 0 Å². The van der Waals surface area contributed by atoms with Gasteiger partial charge in [-0.1, -0.05) is 184 Å². The van der Waals surface area contributed by atoms with Crippen molar-refractivity contribution in [3.63, 3.8) is 0 Å². The van der Waals surface area contributed by atoms with E-state index < -0.39 is 0 Å². The Morgan fingerprint density at radius 1 is 0.375 bits per heavy atom. The molecule has 4 heteroatoms. The maximum Gasteiger partial charge on any atom is 0.127 e. The molecule has 2 unspecified atom stereocenters. The summed E-state index contributed by atoms with van der Waals surface area (Å²) in [5, 5.41) is 2.37. The summed E-state index contributed by atoms with van der Waals surface area (Å²) in [6.45, 7) is 35.1. The zero-order valence-electron chi connectivity index (χ0n) is 32.9. The Hall–Kier alpha value is -2.66. The van der Waals surface area contributed by atoms with Crippen LogP contribution in [-0.4, -0.2) is 0 Å². The van der Waals surface area contributed by atoms with Gasteiger partial charge in [-0.2, -0.15) is 0 Å². The van der Waals surface area contributed by atoms with Gasteiger partial charge in [-0.3, -0.25) is 0 Å². The summed E-state index contributed by atoms with van der Waals surface area (Å²) < 4.78 is 12.8. The molecule has 0 aliphatic rings. The van der Waals surface area contributed by atoms with E-state index in [4.69, 9.17) is 9.05 Å². The van der Waals surface area contributed by atoms with Crippen molar-refractivity contribution in [2.75, 3.05) is 0 Å². The summed E-state index contributed by atoms with van der Waals surface area (Å²) in [5.41, 5.74) is 7.83. The van der Waals surface area contributed by atoms with Crippen LogP contribution in [0.4, 0.5) is 0 Å². The van der Waals surface area contributed by atoms with Gasteiger partial charge in [0.15, 0.2) is 0 Å². The second-order valence-electron chi connectivity index (χ2n) is 16.0. The fourth-order valence-corrected chi connectivity index (χ4v) is 6.45. The Balaban J connectivity index is 0.00000193. The Labute approximate surface area is 298 Å². The molecule has 4 rings (SSSR count). The molecule has 48 heavy (non-hydrogen) atoms. The quantitative estimate of drug-likeness (QED) is 0.180. The van der Waals surface area contributed by atoms with E-state index in [1.54, 1.807) is 0 Å². The van der Waals surface area contributed by atoms with E-state index in [1.807, 2.05) is 27.7 Å². The van der Waals surface area contributed by atoms with Crippen LogP contribution in [0.15, 0.2) is 84.9 Å². The average molecular weight is 687 g/mol. The topological polar surface area (TPSA) is 18.5 Å². The van der Waals surface area contributed by atoms with Crippen LogP contribution in [0.1, 0.15) is 133 Å². The highest BCUT2D eigenvalue weighted by Crippen LogP contribution is 2.39. The monoisotopic (exact) mass is 686 g/mol. The SMILES string of the molecule is CC.CC.CC(C)(C)c1ccc(OPc2ccc(-c3ccc(POc4ccc(C(C)(C)C)cc4C(C)(C)C)cc3)cc2)c(C(C)(C)C)c1. The van der Waals surface area contributed by atoms with Crippen LogP contribution in [0.2, 0.25) is 0 Å². The van der Waals surface area contributed by atoms with Crippen molar-refractivity contribution in [2.45, 2.75) is 132 Å². The summed E-state index contributed by atoms with van der Waals surface area (Å²) in [4.78, 5) is 0. The minimum atomic E-state index is 0.00840. The largest absolute Gasteiger partial charge is 0.472 e. The standard InChI is InChI=1S/C40H52O2P2.2C2H6/c1-37(2,3)29-17-23-35(33(25-29)39(7,8)9)41-43-31-19-13-27(14-20-31)28-15-21-32(22-16-28)44-42-36-24-18-30(38(4,5)6)26-34(36)40(10,11)12;2*1-2/h13-26,43-44H,1-12H3;2*1-2H3. The zero-order chi connectivity index (χ0) is 36.5. The average Bonchev–Trinajstić information content (AvgIpc) is 3.03. The highest BCUT2D eigenvalue weighted by atomic mass is 31.1. The first-order chi connectivity index (χ1) is 22.3. The molecule has 0 spiro atoms. The van der Waals surface area contributed by atoms with E-state index in [-0.39, 0.29) is 39.3 Å².